The van der Waals surface area contributed by atoms with E-state index in [1.165, 1.54) is 11.3 Å². The van der Waals surface area contributed by atoms with Gasteiger partial charge in [0.2, 0.25) is 5.91 Å². The Morgan fingerprint density at radius 2 is 2.03 bits per heavy atom. The molecule has 1 atom stereocenters. The van der Waals surface area contributed by atoms with Gasteiger partial charge in [-0.25, -0.2) is 8.42 Å². The van der Waals surface area contributed by atoms with Gasteiger partial charge in [-0.3, -0.25) is 9.59 Å². The first kappa shape index (κ1) is 23.5. The SMILES string of the molecule is CCOc1ccc2c(c1)sc(=NC(=O)CS(=O)(=O)CC(=O)N1CCCC(C)C1)n2CC. The third kappa shape index (κ3) is 5.94. The number of sulfone groups is 1. The lowest BCUT2D eigenvalue weighted by Crippen LogP contribution is -2.42. The number of aromatic nitrogens is 1. The number of rotatable bonds is 7. The van der Waals surface area contributed by atoms with E-state index in [9.17, 15) is 18.0 Å². The summed E-state index contributed by atoms with van der Waals surface area (Å²) < 4.78 is 33.2. The third-order valence-electron chi connectivity index (χ3n) is 5.20. The summed E-state index contributed by atoms with van der Waals surface area (Å²) in [6, 6.07) is 5.64. The van der Waals surface area contributed by atoms with E-state index in [0.29, 0.717) is 37.0 Å². The van der Waals surface area contributed by atoms with E-state index in [0.717, 1.165) is 28.8 Å². The van der Waals surface area contributed by atoms with Crippen LogP contribution in [0.25, 0.3) is 10.2 Å². The Morgan fingerprint density at radius 1 is 1.26 bits per heavy atom. The van der Waals surface area contributed by atoms with E-state index < -0.39 is 33.2 Å². The van der Waals surface area contributed by atoms with Crippen LogP contribution in [-0.2, 0) is 26.0 Å². The van der Waals surface area contributed by atoms with Gasteiger partial charge in [-0.15, -0.1) is 0 Å². The fraction of sp³-hybridized carbons (Fsp3) is 0.571. The van der Waals surface area contributed by atoms with Gasteiger partial charge in [0.15, 0.2) is 14.6 Å². The van der Waals surface area contributed by atoms with Crippen LogP contribution in [0, 0.1) is 5.92 Å². The number of nitrogens with zero attached hydrogens (tertiary/aromatic N) is 3. The van der Waals surface area contributed by atoms with Crippen molar-refractivity contribution in [2.45, 2.75) is 40.2 Å². The standard InChI is InChI=1S/C21H29N3O5S2/c1-4-24-17-9-8-16(29-5-2)11-18(17)30-21(24)22-19(25)13-31(27,28)14-20(26)23-10-6-7-15(3)12-23/h8-9,11,15H,4-7,10,12-14H2,1-3H3. The summed E-state index contributed by atoms with van der Waals surface area (Å²) in [4.78, 5) is 30.9. The minimum Gasteiger partial charge on any atom is -0.494 e. The first-order chi connectivity index (χ1) is 14.7. The summed E-state index contributed by atoms with van der Waals surface area (Å²) in [6.07, 6.45) is 1.90. The summed E-state index contributed by atoms with van der Waals surface area (Å²) >= 11 is 1.31. The van der Waals surface area contributed by atoms with Crippen molar-refractivity contribution in [2.75, 3.05) is 31.2 Å². The summed E-state index contributed by atoms with van der Waals surface area (Å²) in [6.45, 7) is 8.14. The van der Waals surface area contributed by atoms with Crippen molar-refractivity contribution >= 4 is 43.2 Å². The van der Waals surface area contributed by atoms with Crippen LogP contribution < -0.4 is 9.54 Å². The maximum atomic E-state index is 12.5. The average molecular weight is 468 g/mol. The number of carbonyl (C=O) groups is 2. The minimum atomic E-state index is -3.89. The number of piperidine rings is 1. The van der Waals surface area contributed by atoms with Crippen molar-refractivity contribution in [2.24, 2.45) is 10.9 Å². The number of fused-ring (bicyclic) bond motifs is 1. The van der Waals surface area contributed by atoms with Gasteiger partial charge in [0.1, 0.15) is 17.3 Å². The molecule has 0 spiro atoms. The molecule has 3 rings (SSSR count). The summed E-state index contributed by atoms with van der Waals surface area (Å²) in [5, 5.41) is 0. The first-order valence-electron chi connectivity index (χ1n) is 10.5. The molecule has 2 aromatic rings. The molecule has 1 aliphatic rings. The number of amides is 2. The van der Waals surface area contributed by atoms with E-state index in [1.807, 2.05) is 43.5 Å². The highest BCUT2D eigenvalue weighted by Gasteiger charge is 2.27. The number of hydrogen-bond donors (Lipinski definition) is 0. The van der Waals surface area contributed by atoms with Crippen LogP contribution in [0.1, 0.15) is 33.6 Å². The van der Waals surface area contributed by atoms with E-state index in [2.05, 4.69) is 4.99 Å². The predicted molar refractivity (Wildman–Crippen MR) is 121 cm³/mol. The van der Waals surface area contributed by atoms with Gasteiger partial charge in [-0.05, 0) is 50.8 Å². The molecule has 1 fully saturated rings. The van der Waals surface area contributed by atoms with E-state index >= 15 is 0 Å². The number of aryl methyl sites for hydroxylation is 1. The van der Waals surface area contributed by atoms with Crippen LogP contribution in [0.2, 0.25) is 0 Å². The Labute approximate surface area is 186 Å². The van der Waals surface area contributed by atoms with E-state index in [-0.39, 0.29) is 0 Å². The Balaban J connectivity index is 1.76. The number of ether oxygens (including phenoxy) is 1. The zero-order valence-electron chi connectivity index (χ0n) is 18.2. The zero-order valence-corrected chi connectivity index (χ0v) is 19.8. The normalized spacial score (nSPS) is 17.8. The molecule has 1 unspecified atom stereocenters. The second kappa shape index (κ2) is 9.95. The second-order valence-electron chi connectivity index (χ2n) is 7.82. The van der Waals surface area contributed by atoms with Crippen LogP contribution in [0.5, 0.6) is 5.75 Å². The third-order valence-corrected chi connectivity index (χ3v) is 7.61. The van der Waals surface area contributed by atoms with Crippen LogP contribution in [0.15, 0.2) is 23.2 Å². The van der Waals surface area contributed by atoms with Gasteiger partial charge >= 0.3 is 0 Å². The summed E-state index contributed by atoms with van der Waals surface area (Å²) in [7, 11) is -3.89. The molecule has 8 nitrogen and oxygen atoms in total. The van der Waals surface area contributed by atoms with Crippen molar-refractivity contribution < 1.29 is 22.7 Å². The van der Waals surface area contributed by atoms with Gasteiger partial charge in [0.25, 0.3) is 5.91 Å². The molecular formula is C21H29N3O5S2. The first-order valence-corrected chi connectivity index (χ1v) is 13.2. The van der Waals surface area contributed by atoms with Crippen LogP contribution in [0.4, 0.5) is 0 Å². The summed E-state index contributed by atoms with van der Waals surface area (Å²) in [5.41, 5.74) is 0.903. The molecule has 31 heavy (non-hydrogen) atoms. The number of thiazole rings is 1. The Kier molecular flexibility index (Phi) is 7.53. The highest BCUT2D eigenvalue weighted by atomic mass is 32.2. The summed E-state index contributed by atoms with van der Waals surface area (Å²) in [5.74, 6) is -1.54. The Hall–Kier alpha value is -2.20. The van der Waals surface area contributed by atoms with E-state index in [4.69, 9.17) is 4.74 Å². The minimum absolute atomic E-state index is 0.359. The molecule has 0 aliphatic carbocycles. The molecule has 1 aromatic heterocycles. The predicted octanol–water partition coefficient (Wildman–Crippen LogP) is 2.22. The molecule has 2 heterocycles. The monoisotopic (exact) mass is 467 g/mol. The van der Waals surface area contributed by atoms with Crippen LogP contribution in [-0.4, -0.2) is 60.9 Å². The molecule has 1 aromatic carbocycles. The van der Waals surface area contributed by atoms with Gasteiger partial charge in [0.05, 0.1) is 16.8 Å². The molecule has 2 amide bonds. The van der Waals surface area contributed by atoms with Crippen LogP contribution in [0.3, 0.4) is 0 Å². The average Bonchev–Trinajstić information content (AvgIpc) is 3.03. The number of benzene rings is 1. The number of hydrogen-bond acceptors (Lipinski definition) is 6. The Morgan fingerprint density at radius 3 is 2.71 bits per heavy atom. The topological polar surface area (TPSA) is 98.0 Å². The Bertz CT molecular complexity index is 1130. The largest absolute Gasteiger partial charge is 0.494 e. The molecule has 170 valence electrons. The molecule has 0 bridgehead atoms. The molecule has 1 aliphatic heterocycles. The van der Waals surface area contributed by atoms with Gasteiger partial charge in [-0.2, -0.15) is 4.99 Å². The number of likely N-dealkylation sites (tertiary alicyclic amines) is 1. The molecule has 1 saturated heterocycles. The fourth-order valence-electron chi connectivity index (χ4n) is 3.77. The maximum Gasteiger partial charge on any atom is 0.263 e. The lowest BCUT2D eigenvalue weighted by atomic mass is 10.0. The van der Waals surface area contributed by atoms with E-state index in [1.54, 1.807) is 4.90 Å². The zero-order chi connectivity index (χ0) is 22.6. The highest BCUT2D eigenvalue weighted by molar-refractivity contribution is 7.92. The molecule has 0 saturated carbocycles. The lowest BCUT2D eigenvalue weighted by molar-refractivity contribution is -0.130. The number of carbonyl (C=O) groups excluding carboxylic acids is 2. The smallest absolute Gasteiger partial charge is 0.263 e. The molecule has 0 radical (unpaired) electrons. The van der Waals surface area contributed by atoms with Crippen LogP contribution >= 0.6 is 11.3 Å². The second-order valence-corrected chi connectivity index (χ2v) is 10.9. The van der Waals surface area contributed by atoms with Crippen molar-refractivity contribution in [3.8, 4) is 5.75 Å². The van der Waals surface area contributed by atoms with Gasteiger partial charge in [0, 0.05) is 19.6 Å². The van der Waals surface area contributed by atoms with Crippen molar-refractivity contribution in [3.63, 3.8) is 0 Å². The molecule has 10 heteroatoms. The van der Waals surface area contributed by atoms with Crippen molar-refractivity contribution in [3.05, 3.63) is 23.0 Å². The maximum absolute atomic E-state index is 12.5. The van der Waals surface area contributed by atoms with Gasteiger partial charge < -0.3 is 14.2 Å². The van der Waals surface area contributed by atoms with Crippen molar-refractivity contribution in [1.29, 1.82) is 0 Å². The highest BCUT2D eigenvalue weighted by Crippen LogP contribution is 2.23. The lowest BCUT2D eigenvalue weighted by Gasteiger charge is -2.30. The fourth-order valence-corrected chi connectivity index (χ4v) is 6.02. The van der Waals surface area contributed by atoms with Gasteiger partial charge in [-0.1, -0.05) is 18.3 Å². The van der Waals surface area contributed by atoms with Crippen molar-refractivity contribution in [1.82, 2.24) is 9.47 Å². The molecular weight excluding hydrogens is 438 g/mol. The molecule has 0 N–H and O–H groups in total. The quantitative estimate of drug-likeness (QED) is 0.622.